The lowest BCUT2D eigenvalue weighted by atomic mass is 10.4. The summed E-state index contributed by atoms with van der Waals surface area (Å²) >= 11 is 0. The molecule has 4 nitrogen and oxygen atoms in total. The third-order valence-electron chi connectivity index (χ3n) is 1.82. The van der Waals surface area contributed by atoms with Crippen molar-refractivity contribution in [3.05, 3.63) is 18.2 Å². The first-order valence-electron chi connectivity index (χ1n) is 5.08. The number of ether oxygens (including phenoxy) is 1. The molecule has 14 heavy (non-hydrogen) atoms. The molecule has 80 valence electrons. The molecule has 2 N–H and O–H groups in total. The van der Waals surface area contributed by atoms with Crippen LogP contribution in [0.1, 0.15) is 26.0 Å². The Labute approximate surface area is 85.1 Å². The lowest BCUT2D eigenvalue weighted by Gasteiger charge is -2.07. The molecule has 0 unspecified atom stereocenters. The predicted octanol–water partition coefficient (Wildman–Crippen LogP) is 1.31. The molecule has 0 aliphatic rings. The molecule has 0 atom stereocenters. The van der Waals surface area contributed by atoms with Crippen LogP contribution in [0.3, 0.4) is 0 Å². The van der Waals surface area contributed by atoms with Gasteiger partial charge in [0.15, 0.2) is 0 Å². The minimum absolute atomic E-state index is 0.336. The molecule has 0 aliphatic heterocycles. The van der Waals surface area contributed by atoms with E-state index in [2.05, 4.69) is 29.1 Å². The lowest BCUT2D eigenvalue weighted by Crippen LogP contribution is -2.17. The van der Waals surface area contributed by atoms with Crippen molar-refractivity contribution in [1.29, 1.82) is 0 Å². The van der Waals surface area contributed by atoms with Gasteiger partial charge < -0.3 is 15.0 Å². The second-order valence-electron chi connectivity index (χ2n) is 3.53. The molecule has 0 saturated carbocycles. The molecule has 0 radical (unpaired) electrons. The summed E-state index contributed by atoms with van der Waals surface area (Å²) < 4.78 is 5.42. The predicted molar refractivity (Wildman–Crippen MR) is 56.0 cm³/mol. The Morgan fingerprint density at radius 2 is 2.43 bits per heavy atom. The number of hydrogen-bond acceptors (Lipinski definition) is 3. The second-order valence-corrected chi connectivity index (χ2v) is 3.53. The number of hydrogen-bond donors (Lipinski definition) is 2. The van der Waals surface area contributed by atoms with Crippen molar-refractivity contribution in [1.82, 2.24) is 15.3 Å². The molecule has 1 heterocycles. The van der Waals surface area contributed by atoms with Crippen LogP contribution in [0.5, 0.6) is 0 Å². The second kappa shape index (κ2) is 6.56. The van der Waals surface area contributed by atoms with Crippen LogP contribution < -0.4 is 5.32 Å². The first-order chi connectivity index (χ1) is 6.79. The first-order valence-corrected chi connectivity index (χ1v) is 5.08. The van der Waals surface area contributed by atoms with E-state index < -0.39 is 0 Å². The van der Waals surface area contributed by atoms with Crippen molar-refractivity contribution in [2.45, 2.75) is 32.9 Å². The summed E-state index contributed by atoms with van der Waals surface area (Å²) in [5, 5.41) is 3.31. The maximum absolute atomic E-state index is 5.42. The highest BCUT2D eigenvalue weighted by Crippen LogP contribution is 1.91. The van der Waals surface area contributed by atoms with Crippen molar-refractivity contribution in [2.75, 3.05) is 13.2 Å². The number of aromatic amines is 1. The van der Waals surface area contributed by atoms with Gasteiger partial charge in [0.1, 0.15) is 0 Å². The Hall–Kier alpha value is -0.870. The van der Waals surface area contributed by atoms with Crippen LogP contribution in [0.25, 0.3) is 0 Å². The van der Waals surface area contributed by atoms with Gasteiger partial charge in [-0.15, -0.1) is 0 Å². The van der Waals surface area contributed by atoms with Gasteiger partial charge in [-0.1, -0.05) is 0 Å². The van der Waals surface area contributed by atoms with Crippen LogP contribution in [-0.2, 0) is 11.3 Å². The standard InChI is InChI=1S/C10H19N3O/c1-9(2)14-5-3-4-11-6-10-7-12-8-13-10/h7-9,11H,3-6H2,1-2H3,(H,12,13). The van der Waals surface area contributed by atoms with Crippen LogP contribution in [0.2, 0.25) is 0 Å². The highest BCUT2D eigenvalue weighted by atomic mass is 16.5. The summed E-state index contributed by atoms with van der Waals surface area (Å²) in [5.41, 5.74) is 1.12. The van der Waals surface area contributed by atoms with Gasteiger partial charge in [-0.3, -0.25) is 0 Å². The van der Waals surface area contributed by atoms with Gasteiger partial charge in [-0.05, 0) is 26.8 Å². The van der Waals surface area contributed by atoms with E-state index in [0.29, 0.717) is 6.10 Å². The van der Waals surface area contributed by atoms with Crippen LogP contribution in [-0.4, -0.2) is 29.2 Å². The molecular weight excluding hydrogens is 178 g/mol. The average molecular weight is 197 g/mol. The zero-order valence-electron chi connectivity index (χ0n) is 8.92. The number of imidazole rings is 1. The van der Waals surface area contributed by atoms with E-state index in [-0.39, 0.29) is 0 Å². The number of nitrogens with one attached hydrogen (secondary N) is 2. The molecule has 0 aromatic carbocycles. The molecule has 1 aromatic heterocycles. The first kappa shape index (κ1) is 11.2. The van der Waals surface area contributed by atoms with Crippen LogP contribution >= 0.6 is 0 Å². The smallest absolute Gasteiger partial charge is 0.0922 e. The Bertz CT molecular complexity index is 221. The molecule has 0 bridgehead atoms. The monoisotopic (exact) mass is 197 g/mol. The maximum Gasteiger partial charge on any atom is 0.0922 e. The normalized spacial score (nSPS) is 11.1. The molecule has 0 spiro atoms. The van der Waals surface area contributed by atoms with Crippen molar-refractivity contribution >= 4 is 0 Å². The average Bonchev–Trinajstić information content (AvgIpc) is 2.63. The quantitative estimate of drug-likeness (QED) is 0.648. The van der Waals surface area contributed by atoms with E-state index in [1.54, 1.807) is 6.33 Å². The minimum Gasteiger partial charge on any atom is -0.379 e. The van der Waals surface area contributed by atoms with E-state index in [1.807, 2.05) is 6.20 Å². The summed E-state index contributed by atoms with van der Waals surface area (Å²) in [6.45, 7) is 6.76. The lowest BCUT2D eigenvalue weighted by molar-refractivity contribution is 0.0770. The van der Waals surface area contributed by atoms with Crippen molar-refractivity contribution in [3.63, 3.8) is 0 Å². The van der Waals surface area contributed by atoms with E-state index in [1.165, 1.54) is 0 Å². The third-order valence-corrected chi connectivity index (χ3v) is 1.82. The van der Waals surface area contributed by atoms with Crippen LogP contribution in [0.15, 0.2) is 12.5 Å². The number of H-pyrrole nitrogens is 1. The number of nitrogens with zero attached hydrogens (tertiary/aromatic N) is 1. The van der Waals surface area contributed by atoms with Gasteiger partial charge in [-0.2, -0.15) is 0 Å². The molecule has 0 saturated heterocycles. The molecule has 0 amide bonds. The Morgan fingerprint density at radius 3 is 3.07 bits per heavy atom. The summed E-state index contributed by atoms with van der Waals surface area (Å²) in [7, 11) is 0. The van der Waals surface area contributed by atoms with Gasteiger partial charge >= 0.3 is 0 Å². The van der Waals surface area contributed by atoms with Gasteiger partial charge in [-0.25, -0.2) is 4.98 Å². The van der Waals surface area contributed by atoms with Gasteiger partial charge in [0.25, 0.3) is 0 Å². The minimum atomic E-state index is 0.336. The Morgan fingerprint density at radius 1 is 1.57 bits per heavy atom. The molecule has 0 fully saturated rings. The van der Waals surface area contributed by atoms with E-state index in [0.717, 1.165) is 31.8 Å². The molecule has 4 heteroatoms. The van der Waals surface area contributed by atoms with Gasteiger partial charge in [0, 0.05) is 25.0 Å². The van der Waals surface area contributed by atoms with E-state index in [4.69, 9.17) is 4.74 Å². The number of rotatable bonds is 7. The van der Waals surface area contributed by atoms with E-state index >= 15 is 0 Å². The zero-order valence-corrected chi connectivity index (χ0v) is 8.92. The van der Waals surface area contributed by atoms with Crippen molar-refractivity contribution in [3.8, 4) is 0 Å². The molecule has 1 aromatic rings. The summed E-state index contributed by atoms with van der Waals surface area (Å²) in [6.07, 6.45) is 4.91. The van der Waals surface area contributed by atoms with Crippen LogP contribution in [0.4, 0.5) is 0 Å². The Kier molecular flexibility index (Phi) is 5.25. The summed E-state index contributed by atoms with van der Waals surface area (Å²) in [6, 6.07) is 0. The summed E-state index contributed by atoms with van der Waals surface area (Å²) in [4.78, 5) is 6.98. The third kappa shape index (κ3) is 4.99. The fourth-order valence-corrected chi connectivity index (χ4v) is 1.12. The molecule has 0 aliphatic carbocycles. The molecular formula is C10H19N3O. The van der Waals surface area contributed by atoms with Crippen molar-refractivity contribution < 1.29 is 4.74 Å². The van der Waals surface area contributed by atoms with Gasteiger partial charge in [0.2, 0.25) is 0 Å². The highest BCUT2D eigenvalue weighted by Gasteiger charge is 1.94. The SMILES string of the molecule is CC(C)OCCCNCc1cnc[nH]1. The number of aromatic nitrogens is 2. The zero-order chi connectivity index (χ0) is 10.2. The molecule has 1 rings (SSSR count). The summed E-state index contributed by atoms with van der Waals surface area (Å²) in [5.74, 6) is 0. The highest BCUT2D eigenvalue weighted by molar-refractivity contribution is 4.92. The fourth-order valence-electron chi connectivity index (χ4n) is 1.12. The fraction of sp³-hybridized carbons (Fsp3) is 0.700. The van der Waals surface area contributed by atoms with Crippen molar-refractivity contribution in [2.24, 2.45) is 0 Å². The van der Waals surface area contributed by atoms with Crippen LogP contribution in [0, 0.1) is 0 Å². The van der Waals surface area contributed by atoms with E-state index in [9.17, 15) is 0 Å². The Balaban J connectivity index is 1.90. The van der Waals surface area contributed by atoms with Gasteiger partial charge in [0.05, 0.1) is 12.4 Å². The topological polar surface area (TPSA) is 49.9 Å². The largest absolute Gasteiger partial charge is 0.379 e. The maximum atomic E-state index is 5.42.